The van der Waals surface area contributed by atoms with Gasteiger partial charge in [-0.1, -0.05) is 58.4 Å². The molecule has 6 heteroatoms. The number of amides is 1. The van der Waals surface area contributed by atoms with Gasteiger partial charge in [-0.15, -0.1) is 6.58 Å². The predicted octanol–water partition coefficient (Wildman–Crippen LogP) is 6.70. The van der Waals surface area contributed by atoms with E-state index < -0.39 is 5.91 Å². The highest BCUT2D eigenvalue weighted by Crippen LogP contribution is 2.35. The number of hydrogen-bond acceptors (Lipinski definition) is 4. The van der Waals surface area contributed by atoms with Crippen molar-refractivity contribution in [1.82, 2.24) is 0 Å². The summed E-state index contributed by atoms with van der Waals surface area (Å²) in [5.74, 6) is 0.682. The summed E-state index contributed by atoms with van der Waals surface area (Å²) in [7, 11) is 0. The summed E-state index contributed by atoms with van der Waals surface area (Å²) < 4.78 is 12.8. The van der Waals surface area contributed by atoms with Crippen LogP contribution in [0.5, 0.6) is 11.5 Å². The Morgan fingerprint density at radius 2 is 1.91 bits per heavy atom. The highest BCUT2D eigenvalue weighted by atomic mass is 79.9. The van der Waals surface area contributed by atoms with Gasteiger partial charge in [0.15, 0.2) is 11.5 Å². The van der Waals surface area contributed by atoms with Crippen LogP contribution in [0.15, 0.2) is 89.4 Å². The second-order valence-electron chi connectivity index (χ2n) is 7.34. The van der Waals surface area contributed by atoms with E-state index in [0.29, 0.717) is 42.4 Å². The van der Waals surface area contributed by atoms with E-state index in [1.807, 2.05) is 55.5 Å². The fourth-order valence-corrected chi connectivity index (χ4v) is 3.71. The topological polar surface area (TPSA) is 71.4 Å². The van der Waals surface area contributed by atoms with Crippen LogP contribution in [-0.4, -0.2) is 12.5 Å². The van der Waals surface area contributed by atoms with E-state index in [9.17, 15) is 10.1 Å². The molecule has 0 saturated heterocycles. The van der Waals surface area contributed by atoms with Gasteiger partial charge >= 0.3 is 0 Å². The van der Waals surface area contributed by atoms with Gasteiger partial charge in [0.25, 0.3) is 5.91 Å². The highest BCUT2D eigenvalue weighted by molar-refractivity contribution is 9.10. The zero-order valence-electron chi connectivity index (χ0n) is 18.9. The van der Waals surface area contributed by atoms with Gasteiger partial charge < -0.3 is 14.8 Å². The zero-order chi connectivity index (χ0) is 24.3. The minimum absolute atomic E-state index is 0.0232. The molecule has 0 spiro atoms. The normalized spacial score (nSPS) is 10.8. The maximum Gasteiger partial charge on any atom is 0.266 e. The van der Waals surface area contributed by atoms with E-state index in [0.717, 1.165) is 15.6 Å². The van der Waals surface area contributed by atoms with Gasteiger partial charge in [0.2, 0.25) is 0 Å². The van der Waals surface area contributed by atoms with Crippen LogP contribution in [0.2, 0.25) is 0 Å². The molecular formula is C28H25BrN2O3. The number of rotatable bonds is 10. The van der Waals surface area contributed by atoms with Crippen molar-refractivity contribution in [3.05, 3.63) is 106 Å². The van der Waals surface area contributed by atoms with Crippen LogP contribution in [-0.2, 0) is 17.8 Å². The van der Waals surface area contributed by atoms with E-state index in [1.54, 1.807) is 36.4 Å². The van der Waals surface area contributed by atoms with Gasteiger partial charge in [-0.2, -0.15) is 5.26 Å². The molecular weight excluding hydrogens is 492 g/mol. The number of anilines is 1. The van der Waals surface area contributed by atoms with Crippen LogP contribution in [0, 0.1) is 11.3 Å². The second kappa shape index (κ2) is 12.4. The van der Waals surface area contributed by atoms with Crippen molar-refractivity contribution in [1.29, 1.82) is 5.26 Å². The maximum atomic E-state index is 12.7. The number of benzene rings is 3. The molecule has 0 aliphatic heterocycles. The molecule has 0 aromatic heterocycles. The Bertz CT molecular complexity index is 1230. The molecule has 0 aliphatic carbocycles. The van der Waals surface area contributed by atoms with Crippen LogP contribution in [0.25, 0.3) is 6.08 Å². The van der Waals surface area contributed by atoms with Crippen molar-refractivity contribution in [2.24, 2.45) is 0 Å². The molecule has 172 valence electrons. The van der Waals surface area contributed by atoms with Crippen LogP contribution in [0.4, 0.5) is 5.69 Å². The molecule has 0 saturated carbocycles. The first kappa shape index (κ1) is 24.8. The summed E-state index contributed by atoms with van der Waals surface area (Å²) in [6.45, 7) is 6.57. The van der Waals surface area contributed by atoms with Gasteiger partial charge in [-0.05, 0) is 60.9 Å². The molecule has 3 aromatic rings. The lowest BCUT2D eigenvalue weighted by molar-refractivity contribution is -0.112. The summed E-state index contributed by atoms with van der Waals surface area (Å²) in [5, 5.41) is 12.4. The molecule has 5 nitrogen and oxygen atoms in total. The average molecular weight is 517 g/mol. The smallest absolute Gasteiger partial charge is 0.266 e. The Morgan fingerprint density at radius 1 is 1.12 bits per heavy atom. The summed E-state index contributed by atoms with van der Waals surface area (Å²) in [5.41, 5.74) is 3.12. The highest BCUT2D eigenvalue weighted by Gasteiger charge is 2.15. The number of nitrogens with zero attached hydrogens (tertiary/aromatic N) is 1. The second-order valence-corrected chi connectivity index (χ2v) is 8.26. The molecule has 0 fully saturated rings. The molecule has 0 radical (unpaired) electrons. The number of hydrogen-bond donors (Lipinski definition) is 1. The first-order chi connectivity index (χ1) is 16.5. The Labute approximate surface area is 208 Å². The number of nitriles is 1. The summed E-state index contributed by atoms with van der Waals surface area (Å²) in [4.78, 5) is 12.7. The SMILES string of the molecule is C=CCc1cc(/C=C(/C#N)C(=O)Nc2cccc(Br)c2)cc(OCC)c1OCc1ccccc1. The van der Waals surface area contributed by atoms with E-state index in [-0.39, 0.29) is 5.57 Å². The van der Waals surface area contributed by atoms with Gasteiger partial charge in [0.1, 0.15) is 18.2 Å². The van der Waals surface area contributed by atoms with Crippen LogP contribution in [0.3, 0.4) is 0 Å². The van der Waals surface area contributed by atoms with Crippen LogP contribution >= 0.6 is 15.9 Å². The third kappa shape index (κ3) is 6.84. The van der Waals surface area contributed by atoms with Crippen molar-refractivity contribution in [2.75, 3.05) is 11.9 Å². The minimum Gasteiger partial charge on any atom is -0.490 e. The number of carbonyl (C=O) groups is 1. The zero-order valence-corrected chi connectivity index (χ0v) is 20.5. The largest absolute Gasteiger partial charge is 0.490 e. The van der Waals surface area contributed by atoms with Crippen molar-refractivity contribution in [3.63, 3.8) is 0 Å². The lowest BCUT2D eigenvalue weighted by Crippen LogP contribution is -2.13. The lowest BCUT2D eigenvalue weighted by Gasteiger charge is -2.17. The van der Waals surface area contributed by atoms with Crippen molar-refractivity contribution >= 4 is 33.6 Å². The fraction of sp³-hybridized carbons (Fsp3) is 0.143. The number of ether oxygens (including phenoxy) is 2. The molecule has 1 amide bonds. The minimum atomic E-state index is -0.492. The van der Waals surface area contributed by atoms with Crippen LogP contribution < -0.4 is 14.8 Å². The monoisotopic (exact) mass is 516 g/mol. The summed E-state index contributed by atoms with van der Waals surface area (Å²) in [6.07, 6.45) is 3.86. The lowest BCUT2D eigenvalue weighted by atomic mass is 10.0. The van der Waals surface area contributed by atoms with E-state index in [2.05, 4.69) is 27.8 Å². The third-order valence-corrected chi connectivity index (χ3v) is 5.30. The molecule has 0 bridgehead atoms. The summed E-state index contributed by atoms with van der Waals surface area (Å²) >= 11 is 3.37. The van der Waals surface area contributed by atoms with Crippen LogP contribution in [0.1, 0.15) is 23.6 Å². The standard InChI is InChI=1S/C28H25BrN2O3/c1-3-9-22-14-21(15-23(18-30)28(32)31-25-13-8-12-24(29)17-25)16-26(33-4-2)27(22)34-19-20-10-6-5-7-11-20/h3,5-8,10-17H,1,4,9,19H2,2H3,(H,31,32)/b23-15-. The third-order valence-electron chi connectivity index (χ3n) is 4.80. The number of nitrogens with one attached hydrogen (secondary N) is 1. The van der Waals surface area contributed by atoms with Gasteiger partial charge in [-0.3, -0.25) is 4.79 Å². The Hall–Kier alpha value is -3.82. The van der Waals surface area contributed by atoms with E-state index in [1.165, 1.54) is 0 Å². The van der Waals surface area contributed by atoms with Gasteiger partial charge in [-0.25, -0.2) is 0 Å². The predicted molar refractivity (Wildman–Crippen MR) is 139 cm³/mol. The molecule has 0 aliphatic rings. The Morgan fingerprint density at radius 3 is 2.59 bits per heavy atom. The Kier molecular flexibility index (Phi) is 9.07. The van der Waals surface area contributed by atoms with Crippen molar-refractivity contribution in [3.8, 4) is 17.6 Å². The molecule has 0 unspecified atom stereocenters. The first-order valence-corrected chi connectivity index (χ1v) is 11.6. The van der Waals surface area contributed by atoms with Crippen molar-refractivity contribution in [2.45, 2.75) is 20.0 Å². The number of carbonyl (C=O) groups excluding carboxylic acids is 1. The fourth-order valence-electron chi connectivity index (χ4n) is 3.31. The molecule has 0 heterocycles. The van der Waals surface area contributed by atoms with Crippen molar-refractivity contribution < 1.29 is 14.3 Å². The number of allylic oxidation sites excluding steroid dienone is 1. The molecule has 34 heavy (non-hydrogen) atoms. The molecule has 3 aromatic carbocycles. The van der Waals surface area contributed by atoms with Gasteiger partial charge in [0.05, 0.1) is 6.61 Å². The molecule has 0 atom stereocenters. The number of halogens is 1. The van der Waals surface area contributed by atoms with E-state index in [4.69, 9.17) is 9.47 Å². The van der Waals surface area contributed by atoms with E-state index >= 15 is 0 Å². The average Bonchev–Trinajstić information content (AvgIpc) is 2.83. The Balaban J connectivity index is 1.93. The first-order valence-electron chi connectivity index (χ1n) is 10.8. The maximum absolute atomic E-state index is 12.7. The van der Waals surface area contributed by atoms with Gasteiger partial charge in [0, 0.05) is 15.7 Å². The molecule has 1 N–H and O–H groups in total. The molecule has 3 rings (SSSR count). The summed E-state index contributed by atoms with van der Waals surface area (Å²) in [6, 6.07) is 22.7. The quantitative estimate of drug-likeness (QED) is 0.185.